The van der Waals surface area contributed by atoms with Crippen LogP contribution in [0.2, 0.25) is 0 Å². The highest BCUT2D eigenvalue weighted by Gasteiger charge is 2.67. The van der Waals surface area contributed by atoms with E-state index in [4.69, 9.17) is 23.5 Å². The Labute approximate surface area is 274 Å². The van der Waals surface area contributed by atoms with Gasteiger partial charge in [-0.15, -0.1) is 0 Å². The summed E-state index contributed by atoms with van der Waals surface area (Å²) in [4.78, 5) is 42.4. The lowest BCUT2D eigenvalue weighted by Crippen LogP contribution is -2.54. The first-order valence-electron chi connectivity index (χ1n) is 15.5. The number of aryl methyl sites for hydroxylation is 1. The first-order valence-corrected chi connectivity index (χ1v) is 17.3. The van der Waals surface area contributed by atoms with Crippen LogP contribution in [-0.2, 0) is 48.0 Å². The Bertz CT molecular complexity index is 1520. The molecule has 0 aromatic carbocycles. The fraction of sp³-hybridized carbons (Fsp3) is 0.677. The Hall–Kier alpha value is -3.41. The number of nitrogens with one attached hydrogen (secondary N) is 1. The topological polar surface area (TPSA) is 201 Å². The summed E-state index contributed by atoms with van der Waals surface area (Å²) in [7, 11) is -4.12. The number of aromatic nitrogens is 3. The maximum atomic E-state index is 14.4. The molecule has 1 unspecified atom stereocenters. The van der Waals surface area contributed by atoms with Crippen LogP contribution < -0.4 is 5.09 Å². The van der Waals surface area contributed by atoms with E-state index < -0.39 is 85.5 Å². The number of nitriles is 1. The van der Waals surface area contributed by atoms with Crippen LogP contribution in [0.3, 0.4) is 0 Å². The minimum absolute atomic E-state index is 0.134. The molecule has 0 radical (unpaired) electrons. The summed E-state index contributed by atoms with van der Waals surface area (Å²) in [6.45, 7) is 15.3. The molecule has 0 amide bonds. The Balaban J connectivity index is 2.04. The highest BCUT2D eigenvalue weighted by Crippen LogP contribution is 2.51. The maximum absolute atomic E-state index is 14.4. The Morgan fingerprint density at radius 3 is 2.28 bits per heavy atom. The molecule has 7 atom stereocenters. The predicted molar refractivity (Wildman–Crippen MR) is 168 cm³/mol. The van der Waals surface area contributed by atoms with Crippen molar-refractivity contribution in [3.63, 3.8) is 0 Å². The van der Waals surface area contributed by atoms with Crippen LogP contribution >= 0.6 is 7.52 Å². The summed E-state index contributed by atoms with van der Waals surface area (Å²) in [6, 6.07) is 4.16. The van der Waals surface area contributed by atoms with Gasteiger partial charge in [0, 0.05) is 0 Å². The van der Waals surface area contributed by atoms with Crippen LogP contribution in [-0.4, -0.2) is 86.4 Å². The average molecular weight is 680 g/mol. The molecule has 0 aliphatic carbocycles. The van der Waals surface area contributed by atoms with E-state index in [-0.39, 0.29) is 11.9 Å². The lowest BCUT2D eigenvalue weighted by Gasteiger charge is -2.34. The Morgan fingerprint density at radius 2 is 1.70 bits per heavy atom. The summed E-state index contributed by atoms with van der Waals surface area (Å²) in [5, 5.41) is 29.6. The molecular formula is C31H46N5O10P. The molecule has 0 spiro atoms. The number of esters is 3. The van der Waals surface area contributed by atoms with Crippen LogP contribution in [0.1, 0.15) is 73.7 Å². The van der Waals surface area contributed by atoms with Gasteiger partial charge in [-0.05, 0) is 60.6 Å². The van der Waals surface area contributed by atoms with E-state index in [2.05, 4.69) is 21.2 Å². The molecule has 16 heteroatoms. The number of carbonyl (C=O) groups excluding carboxylic acids is 3. The van der Waals surface area contributed by atoms with E-state index in [0.717, 1.165) is 0 Å². The highest BCUT2D eigenvalue weighted by atomic mass is 31.2. The van der Waals surface area contributed by atoms with E-state index in [1.807, 2.05) is 0 Å². The molecule has 3 heterocycles. The normalized spacial score (nSPS) is 25.4. The van der Waals surface area contributed by atoms with Gasteiger partial charge in [-0.1, -0.05) is 20.8 Å². The predicted octanol–water partition coefficient (Wildman–Crippen LogP) is 3.20. The molecule has 260 valence electrons. The van der Waals surface area contributed by atoms with Crippen LogP contribution in [0.15, 0.2) is 18.5 Å². The van der Waals surface area contributed by atoms with Crippen LogP contribution in [0.25, 0.3) is 5.52 Å². The molecule has 2 N–H and O–H groups in total. The summed E-state index contributed by atoms with van der Waals surface area (Å²) in [5.41, 5.74) is -3.06. The zero-order valence-electron chi connectivity index (χ0n) is 28.5. The van der Waals surface area contributed by atoms with Gasteiger partial charge < -0.3 is 28.6 Å². The standard InChI is InChI=1S/C31H46N5O10P/c1-17(2)27(37)45-26-24(46-31(15-32,30(26,10)40)25-12-11-23-21(8)33-16-34-36(23)25)13-42-47(41,14-20(7)28(38)43-18(3)4)35-22(9)29(39)44-19(5)6/h11-12,16-20,22,24,26,40H,13-14H2,1-10H3,(H,35,41)/t20-,22+,24-,26-,30-,31+,47?/m1/s1. The van der Waals surface area contributed by atoms with E-state index in [1.54, 1.807) is 60.6 Å². The van der Waals surface area contributed by atoms with Gasteiger partial charge in [0.05, 0.1) is 53.7 Å². The average Bonchev–Trinajstić information content (AvgIpc) is 3.49. The zero-order valence-corrected chi connectivity index (χ0v) is 29.4. The van der Waals surface area contributed by atoms with Crippen molar-refractivity contribution >= 4 is 30.9 Å². The molecular weight excluding hydrogens is 633 g/mol. The molecule has 1 saturated heterocycles. The van der Waals surface area contributed by atoms with E-state index >= 15 is 0 Å². The summed E-state index contributed by atoms with van der Waals surface area (Å²) < 4.78 is 44.3. The third kappa shape index (κ3) is 8.18. The molecule has 2 aromatic rings. The SMILES string of the molecule is Cc1ncnn2c([C@]3(C#N)O[C@H](COP(=O)(C[C@@H](C)C(=O)OC(C)C)N[C@@H](C)C(=O)OC(C)C)[C@@H](OC(=O)C(C)C)[C@@]3(C)O)ccc12. The second-order valence-electron chi connectivity index (χ2n) is 12.8. The number of aliphatic hydroxyl groups is 1. The van der Waals surface area contributed by atoms with Crippen molar-refractivity contribution in [2.24, 2.45) is 11.8 Å². The summed E-state index contributed by atoms with van der Waals surface area (Å²) >= 11 is 0. The van der Waals surface area contributed by atoms with Gasteiger partial charge in [0.2, 0.25) is 5.60 Å². The molecule has 0 saturated carbocycles. The van der Waals surface area contributed by atoms with Crippen molar-refractivity contribution in [2.45, 2.75) is 111 Å². The van der Waals surface area contributed by atoms with Crippen molar-refractivity contribution < 1.29 is 47.5 Å². The van der Waals surface area contributed by atoms with Gasteiger partial charge in [-0.25, -0.2) is 14.6 Å². The lowest BCUT2D eigenvalue weighted by molar-refractivity contribution is -0.168. The molecule has 15 nitrogen and oxygen atoms in total. The minimum Gasteiger partial charge on any atom is -0.463 e. The smallest absolute Gasteiger partial charge is 0.323 e. The van der Waals surface area contributed by atoms with Crippen LogP contribution in [0.4, 0.5) is 0 Å². The summed E-state index contributed by atoms with van der Waals surface area (Å²) in [5.74, 6) is -3.56. The number of rotatable bonds is 14. The van der Waals surface area contributed by atoms with E-state index in [1.165, 1.54) is 31.6 Å². The van der Waals surface area contributed by atoms with Gasteiger partial charge in [-0.3, -0.25) is 18.9 Å². The molecule has 1 aliphatic heterocycles. The van der Waals surface area contributed by atoms with Gasteiger partial charge in [0.15, 0.2) is 6.10 Å². The molecule has 3 rings (SSSR count). The summed E-state index contributed by atoms with van der Waals surface area (Å²) in [6.07, 6.45) is -2.83. The largest absolute Gasteiger partial charge is 0.463 e. The third-order valence-electron chi connectivity index (χ3n) is 7.62. The number of ether oxygens (including phenoxy) is 4. The zero-order chi connectivity index (χ0) is 35.5. The number of nitrogens with zero attached hydrogens (tertiary/aromatic N) is 4. The van der Waals surface area contributed by atoms with Crippen LogP contribution in [0, 0.1) is 30.1 Å². The van der Waals surface area contributed by atoms with Gasteiger partial charge in [0.25, 0.3) is 7.52 Å². The Kier molecular flexibility index (Phi) is 12.0. The molecule has 1 fully saturated rings. The van der Waals surface area contributed by atoms with Crippen molar-refractivity contribution in [1.29, 1.82) is 5.26 Å². The number of fused-ring (bicyclic) bond motifs is 1. The minimum atomic E-state index is -4.12. The maximum Gasteiger partial charge on any atom is 0.323 e. The van der Waals surface area contributed by atoms with Crippen LogP contribution in [0.5, 0.6) is 0 Å². The second kappa shape index (κ2) is 14.8. The molecule has 0 bridgehead atoms. The van der Waals surface area contributed by atoms with Crippen molar-refractivity contribution in [3.8, 4) is 6.07 Å². The number of hydrogen-bond acceptors (Lipinski definition) is 13. The third-order valence-corrected chi connectivity index (χ3v) is 10.00. The van der Waals surface area contributed by atoms with E-state index in [9.17, 15) is 29.3 Å². The van der Waals surface area contributed by atoms with Gasteiger partial charge >= 0.3 is 17.9 Å². The highest BCUT2D eigenvalue weighted by molar-refractivity contribution is 7.57. The molecule has 2 aromatic heterocycles. The Morgan fingerprint density at radius 1 is 1.09 bits per heavy atom. The fourth-order valence-electron chi connectivity index (χ4n) is 5.19. The lowest BCUT2D eigenvalue weighted by atomic mass is 9.80. The van der Waals surface area contributed by atoms with Crippen molar-refractivity contribution in [3.05, 3.63) is 29.8 Å². The number of hydrogen-bond donors (Lipinski definition) is 2. The fourth-order valence-corrected chi connectivity index (χ4v) is 7.42. The second-order valence-corrected chi connectivity index (χ2v) is 15.1. The number of carbonyl (C=O) groups is 3. The first-order chi connectivity index (χ1) is 21.8. The monoisotopic (exact) mass is 679 g/mol. The first kappa shape index (κ1) is 38.0. The van der Waals surface area contributed by atoms with Crippen molar-refractivity contribution in [2.75, 3.05) is 12.8 Å². The van der Waals surface area contributed by atoms with Gasteiger partial charge in [0.1, 0.15) is 30.1 Å². The molecule has 1 aliphatic rings. The van der Waals surface area contributed by atoms with E-state index in [0.29, 0.717) is 11.2 Å². The van der Waals surface area contributed by atoms with Crippen molar-refractivity contribution in [1.82, 2.24) is 19.7 Å². The quantitative estimate of drug-likeness (QED) is 0.167. The van der Waals surface area contributed by atoms with Gasteiger partial charge in [-0.2, -0.15) is 10.4 Å². The molecule has 47 heavy (non-hydrogen) atoms.